The monoisotopic (exact) mass is 253 g/mol. The van der Waals surface area contributed by atoms with Gasteiger partial charge in [-0.25, -0.2) is 4.79 Å². The van der Waals surface area contributed by atoms with Crippen LogP contribution in [-0.4, -0.2) is 9.97 Å². The number of nitrogens with one attached hydrogen (secondary N) is 2. The third-order valence-electron chi connectivity index (χ3n) is 2.32. The number of hydrogen-bond donors (Lipinski definition) is 3. The molecule has 0 fully saturated rings. The second-order valence-corrected chi connectivity index (χ2v) is 3.39. The van der Waals surface area contributed by atoms with Gasteiger partial charge in [-0.3, -0.25) is 9.78 Å². The second kappa shape index (κ2) is 5.47. The van der Waals surface area contributed by atoms with Crippen LogP contribution in [-0.2, 0) is 6.54 Å². The molecule has 0 saturated heterocycles. The Balaban J connectivity index is 0.00000144. The fraction of sp³-hybridized carbons (Fsp3) is 0.0909. The number of H-pyrrole nitrogens is 2. The molecule has 0 radical (unpaired) electrons. The predicted octanol–water partition coefficient (Wildman–Crippen LogP) is 0.611. The molecule has 5 nitrogen and oxygen atoms in total. The molecule has 2 rings (SSSR count). The van der Waals surface area contributed by atoms with Crippen molar-refractivity contribution in [2.24, 2.45) is 5.73 Å². The number of benzene rings is 1. The molecule has 0 aliphatic heterocycles. The lowest BCUT2D eigenvalue weighted by Crippen LogP contribution is -2.22. The molecule has 17 heavy (non-hydrogen) atoms. The minimum absolute atomic E-state index is 0. The molecule has 0 spiro atoms. The molecule has 2 aromatic rings. The molecule has 6 heteroatoms. The Kier molecular flexibility index (Phi) is 4.25. The number of halogens is 1. The summed E-state index contributed by atoms with van der Waals surface area (Å²) in [6.45, 7) is 0.461. The van der Waals surface area contributed by atoms with E-state index in [0.717, 1.165) is 11.1 Å². The van der Waals surface area contributed by atoms with E-state index in [0.29, 0.717) is 12.1 Å². The van der Waals surface area contributed by atoms with E-state index >= 15 is 0 Å². The Morgan fingerprint density at radius 1 is 1.12 bits per heavy atom. The van der Waals surface area contributed by atoms with Crippen molar-refractivity contribution in [1.82, 2.24) is 9.97 Å². The lowest BCUT2D eigenvalue weighted by molar-refractivity contribution is 1.04. The third-order valence-corrected chi connectivity index (χ3v) is 2.32. The molecule has 0 unspecified atom stereocenters. The summed E-state index contributed by atoms with van der Waals surface area (Å²) in [7, 11) is 0. The average Bonchev–Trinajstić information content (AvgIpc) is 2.29. The molecule has 0 amide bonds. The Morgan fingerprint density at radius 2 is 1.76 bits per heavy atom. The second-order valence-electron chi connectivity index (χ2n) is 3.39. The first kappa shape index (κ1) is 13.2. The molecule has 0 saturated carbocycles. The molecular formula is C11H12ClN3O2. The van der Waals surface area contributed by atoms with Gasteiger partial charge >= 0.3 is 5.69 Å². The average molecular weight is 254 g/mol. The lowest BCUT2D eigenvalue weighted by atomic mass is 10.1. The van der Waals surface area contributed by atoms with Crippen LogP contribution in [0.2, 0.25) is 0 Å². The Labute approximate surface area is 103 Å². The lowest BCUT2D eigenvalue weighted by Gasteiger charge is -2.01. The summed E-state index contributed by atoms with van der Waals surface area (Å²) < 4.78 is 0. The number of nitrogens with two attached hydrogens (primary N) is 1. The van der Waals surface area contributed by atoms with E-state index < -0.39 is 11.2 Å². The summed E-state index contributed by atoms with van der Waals surface area (Å²) in [5.41, 5.74) is 6.74. The molecule has 1 aromatic heterocycles. The maximum atomic E-state index is 11.5. The van der Waals surface area contributed by atoms with Crippen LogP contribution >= 0.6 is 12.4 Å². The zero-order chi connectivity index (χ0) is 11.5. The van der Waals surface area contributed by atoms with Crippen LogP contribution in [0.15, 0.2) is 40.1 Å². The Morgan fingerprint density at radius 3 is 2.29 bits per heavy atom. The van der Waals surface area contributed by atoms with E-state index in [9.17, 15) is 9.59 Å². The van der Waals surface area contributed by atoms with Gasteiger partial charge in [0, 0.05) is 12.7 Å². The quantitative estimate of drug-likeness (QED) is 0.732. The van der Waals surface area contributed by atoms with Crippen LogP contribution in [0.5, 0.6) is 0 Å². The third kappa shape index (κ3) is 2.83. The number of aromatic amines is 2. The molecular weight excluding hydrogens is 242 g/mol. The molecule has 0 aliphatic rings. The minimum atomic E-state index is -0.507. The van der Waals surface area contributed by atoms with Crippen LogP contribution in [0.1, 0.15) is 5.56 Å². The zero-order valence-electron chi connectivity index (χ0n) is 8.90. The highest BCUT2D eigenvalue weighted by atomic mass is 35.5. The SMILES string of the molecule is Cl.NCc1ccc(-c2c[nH]c(=O)[nH]c2=O)cc1. The van der Waals surface area contributed by atoms with Crippen molar-refractivity contribution >= 4 is 12.4 Å². The first-order valence-corrected chi connectivity index (χ1v) is 4.82. The van der Waals surface area contributed by atoms with Crippen molar-refractivity contribution < 1.29 is 0 Å². The summed E-state index contributed by atoms with van der Waals surface area (Å²) in [5, 5.41) is 0. The van der Waals surface area contributed by atoms with E-state index in [-0.39, 0.29) is 12.4 Å². The summed E-state index contributed by atoms with van der Waals surface area (Å²) in [5.74, 6) is 0. The maximum Gasteiger partial charge on any atom is 0.325 e. The van der Waals surface area contributed by atoms with Gasteiger partial charge in [0.2, 0.25) is 0 Å². The van der Waals surface area contributed by atoms with Crippen molar-refractivity contribution in [3.8, 4) is 11.1 Å². The molecule has 90 valence electrons. The van der Waals surface area contributed by atoms with E-state index in [4.69, 9.17) is 5.73 Å². The first-order valence-electron chi connectivity index (χ1n) is 4.82. The summed E-state index contributed by atoms with van der Waals surface area (Å²) in [4.78, 5) is 26.9. The van der Waals surface area contributed by atoms with Crippen LogP contribution in [0.25, 0.3) is 11.1 Å². The van der Waals surface area contributed by atoms with Crippen molar-refractivity contribution in [2.45, 2.75) is 6.54 Å². The molecule has 1 heterocycles. The normalized spacial score (nSPS) is 9.71. The minimum Gasteiger partial charge on any atom is -0.326 e. The first-order chi connectivity index (χ1) is 7.70. The largest absolute Gasteiger partial charge is 0.326 e. The van der Waals surface area contributed by atoms with Gasteiger partial charge in [-0.1, -0.05) is 24.3 Å². The van der Waals surface area contributed by atoms with E-state index in [1.807, 2.05) is 12.1 Å². The van der Waals surface area contributed by atoms with E-state index in [2.05, 4.69) is 9.97 Å². The van der Waals surface area contributed by atoms with Gasteiger partial charge in [0.25, 0.3) is 5.56 Å². The van der Waals surface area contributed by atoms with Crippen molar-refractivity contribution in [3.63, 3.8) is 0 Å². The van der Waals surface area contributed by atoms with Gasteiger partial charge in [0.15, 0.2) is 0 Å². The smallest absolute Gasteiger partial charge is 0.325 e. The molecule has 0 bridgehead atoms. The van der Waals surface area contributed by atoms with Gasteiger partial charge in [-0.05, 0) is 11.1 Å². The maximum absolute atomic E-state index is 11.5. The van der Waals surface area contributed by atoms with E-state index in [1.165, 1.54) is 6.20 Å². The summed E-state index contributed by atoms with van der Waals surface area (Å²) >= 11 is 0. The van der Waals surface area contributed by atoms with Gasteiger partial charge in [0.1, 0.15) is 0 Å². The summed E-state index contributed by atoms with van der Waals surface area (Å²) in [6.07, 6.45) is 1.40. The van der Waals surface area contributed by atoms with Crippen LogP contribution in [0.4, 0.5) is 0 Å². The Hall–Kier alpha value is -1.85. The van der Waals surface area contributed by atoms with Crippen molar-refractivity contribution in [2.75, 3.05) is 0 Å². The summed E-state index contributed by atoms with van der Waals surface area (Å²) in [6, 6.07) is 7.29. The van der Waals surface area contributed by atoms with E-state index in [1.54, 1.807) is 12.1 Å². The van der Waals surface area contributed by atoms with Gasteiger partial charge in [0.05, 0.1) is 5.56 Å². The molecule has 4 N–H and O–H groups in total. The fourth-order valence-electron chi connectivity index (χ4n) is 1.44. The Bertz CT molecular complexity index is 601. The molecule has 0 atom stereocenters. The van der Waals surface area contributed by atoms with Crippen molar-refractivity contribution in [1.29, 1.82) is 0 Å². The molecule has 0 aliphatic carbocycles. The predicted molar refractivity (Wildman–Crippen MR) is 68.3 cm³/mol. The van der Waals surface area contributed by atoms with Crippen LogP contribution < -0.4 is 17.0 Å². The highest BCUT2D eigenvalue weighted by Crippen LogP contribution is 2.14. The highest BCUT2D eigenvalue weighted by Gasteiger charge is 2.02. The van der Waals surface area contributed by atoms with Crippen LogP contribution in [0, 0.1) is 0 Å². The van der Waals surface area contributed by atoms with Crippen molar-refractivity contribution in [3.05, 3.63) is 56.9 Å². The number of hydrogen-bond acceptors (Lipinski definition) is 3. The van der Waals surface area contributed by atoms with Crippen LogP contribution in [0.3, 0.4) is 0 Å². The number of rotatable bonds is 2. The molecule has 1 aromatic carbocycles. The fourth-order valence-corrected chi connectivity index (χ4v) is 1.44. The zero-order valence-corrected chi connectivity index (χ0v) is 9.71. The van der Waals surface area contributed by atoms with Gasteiger partial charge < -0.3 is 10.7 Å². The van der Waals surface area contributed by atoms with Gasteiger partial charge in [-0.2, -0.15) is 0 Å². The highest BCUT2D eigenvalue weighted by molar-refractivity contribution is 5.85. The number of aromatic nitrogens is 2. The topological polar surface area (TPSA) is 91.7 Å². The standard InChI is InChI=1S/C11H11N3O2.ClH/c12-5-7-1-3-8(4-2-7)9-6-13-11(16)14-10(9)15;/h1-4,6H,5,12H2,(H2,13,14,15,16);1H. The van der Waals surface area contributed by atoms with Gasteiger partial charge in [-0.15, -0.1) is 12.4 Å².